The van der Waals surface area contributed by atoms with Gasteiger partial charge in [-0.2, -0.15) is 0 Å². The molecule has 0 aliphatic carbocycles. The number of nitrogens with zero attached hydrogens (tertiary/aromatic N) is 2. The van der Waals surface area contributed by atoms with Gasteiger partial charge in [-0.3, -0.25) is 0 Å². The zero-order valence-corrected chi connectivity index (χ0v) is 35.3. The predicted octanol–water partition coefficient (Wildman–Crippen LogP) is 16.5. The van der Waals surface area contributed by atoms with E-state index in [-0.39, 0.29) is 0 Å². The molecule has 11 aromatic rings. The molecule has 0 radical (unpaired) electrons. The van der Waals surface area contributed by atoms with Crippen molar-refractivity contribution in [2.24, 2.45) is 0 Å². The average molecular weight is 807 g/mol. The van der Waals surface area contributed by atoms with Crippen molar-refractivity contribution >= 4 is 49.2 Å². The first kappa shape index (κ1) is 38.0. The fraction of sp³-hybridized carbons (Fsp3) is 0.0492. The minimum atomic E-state index is 0.877. The molecule has 2 heterocycles. The SMILES string of the molecule is CC/C(=C\C=C/Cc1cccc(-c2cccc(-n3c4ccccc4c4cc(-c5ccc6c(c5)c5cc(-c7ccccc7)ccc5n6-c5ccccc5)ccc43)c2)c1)c1ccccc1. The van der Waals surface area contributed by atoms with Crippen molar-refractivity contribution in [3.05, 3.63) is 248 Å². The zero-order valence-electron chi connectivity index (χ0n) is 35.3. The smallest absolute Gasteiger partial charge is 0.0541 e. The number of para-hydroxylation sites is 2. The molecule has 0 unspecified atom stereocenters. The standard InChI is InChI=1S/C61H46N2/c1-2-44(45-21-6-3-7-22-45)20-13-12-18-43-19-16-25-47(38-43)48-26-17-29-53(39-48)63-58-31-15-14-30-54(58)55-41-50(33-36-59(55)63)51-34-37-61-57(42-51)56-40-49(46-23-8-4-9-24-46)32-35-60(56)62(61)52-27-10-5-11-28-52/h3-17,19-42H,2,18H2,1H3/b13-12-,44-20+. The van der Waals surface area contributed by atoms with Crippen LogP contribution in [0, 0.1) is 0 Å². The van der Waals surface area contributed by atoms with Crippen molar-refractivity contribution in [1.29, 1.82) is 0 Å². The van der Waals surface area contributed by atoms with E-state index in [0.29, 0.717) is 0 Å². The molecular formula is C61H46N2. The van der Waals surface area contributed by atoms with E-state index in [1.807, 2.05) is 0 Å². The number of benzene rings is 9. The number of aromatic nitrogens is 2. The Hall–Kier alpha value is -7.94. The molecule has 0 N–H and O–H groups in total. The van der Waals surface area contributed by atoms with E-state index < -0.39 is 0 Å². The fourth-order valence-electron chi connectivity index (χ4n) is 9.46. The molecule has 0 amide bonds. The van der Waals surface area contributed by atoms with Crippen molar-refractivity contribution in [1.82, 2.24) is 9.13 Å². The van der Waals surface area contributed by atoms with Crippen LogP contribution in [-0.4, -0.2) is 9.13 Å². The predicted molar refractivity (Wildman–Crippen MR) is 269 cm³/mol. The minimum Gasteiger partial charge on any atom is -0.309 e. The van der Waals surface area contributed by atoms with Crippen LogP contribution < -0.4 is 0 Å². The second kappa shape index (κ2) is 16.5. The van der Waals surface area contributed by atoms with E-state index in [9.17, 15) is 0 Å². The van der Waals surface area contributed by atoms with Gasteiger partial charge in [-0.05, 0) is 130 Å². The van der Waals surface area contributed by atoms with Crippen LogP contribution in [-0.2, 0) is 6.42 Å². The molecule has 2 aromatic heterocycles. The number of rotatable bonds is 10. The third kappa shape index (κ3) is 7.16. The van der Waals surface area contributed by atoms with Crippen LogP contribution >= 0.6 is 0 Å². The first-order chi connectivity index (χ1) is 31.2. The van der Waals surface area contributed by atoms with Gasteiger partial charge in [0.1, 0.15) is 0 Å². The van der Waals surface area contributed by atoms with Crippen molar-refractivity contribution in [2.45, 2.75) is 19.8 Å². The Morgan fingerprint density at radius 2 is 0.857 bits per heavy atom. The van der Waals surface area contributed by atoms with Crippen LogP contribution in [0.5, 0.6) is 0 Å². The van der Waals surface area contributed by atoms with Gasteiger partial charge in [0.05, 0.1) is 22.1 Å². The summed E-state index contributed by atoms with van der Waals surface area (Å²) in [7, 11) is 0. The highest BCUT2D eigenvalue weighted by molar-refractivity contribution is 6.13. The molecule has 0 saturated heterocycles. The Kier molecular flexibility index (Phi) is 9.95. The maximum absolute atomic E-state index is 2.43. The monoisotopic (exact) mass is 806 g/mol. The highest BCUT2D eigenvalue weighted by Crippen LogP contribution is 2.40. The third-order valence-electron chi connectivity index (χ3n) is 12.6. The quantitative estimate of drug-likeness (QED) is 0.122. The molecule has 0 fully saturated rings. The summed E-state index contributed by atoms with van der Waals surface area (Å²) in [5.41, 5.74) is 18.3. The number of fused-ring (bicyclic) bond motifs is 6. The lowest BCUT2D eigenvalue weighted by atomic mass is 9.99. The van der Waals surface area contributed by atoms with Crippen LogP contribution in [0.3, 0.4) is 0 Å². The Bertz CT molecular complexity index is 3490. The molecule has 0 saturated carbocycles. The topological polar surface area (TPSA) is 9.86 Å². The molecule has 0 aliphatic heterocycles. The van der Waals surface area contributed by atoms with Crippen LogP contribution in [0.1, 0.15) is 24.5 Å². The molecule has 2 nitrogen and oxygen atoms in total. The van der Waals surface area contributed by atoms with Gasteiger partial charge in [-0.1, -0.05) is 177 Å². The summed E-state index contributed by atoms with van der Waals surface area (Å²) < 4.78 is 4.83. The first-order valence-electron chi connectivity index (χ1n) is 22.0. The Morgan fingerprint density at radius 1 is 0.381 bits per heavy atom. The summed E-state index contributed by atoms with van der Waals surface area (Å²) in [5.74, 6) is 0. The van der Waals surface area contributed by atoms with E-state index >= 15 is 0 Å². The van der Waals surface area contributed by atoms with E-state index in [2.05, 4.69) is 253 Å². The van der Waals surface area contributed by atoms with Gasteiger partial charge >= 0.3 is 0 Å². The van der Waals surface area contributed by atoms with E-state index in [1.54, 1.807) is 0 Å². The van der Waals surface area contributed by atoms with E-state index in [4.69, 9.17) is 0 Å². The van der Waals surface area contributed by atoms with Crippen LogP contribution in [0.4, 0.5) is 0 Å². The first-order valence-corrected chi connectivity index (χ1v) is 22.0. The van der Waals surface area contributed by atoms with E-state index in [1.165, 1.54) is 93.7 Å². The Balaban J connectivity index is 0.957. The molecule has 300 valence electrons. The van der Waals surface area contributed by atoms with Crippen molar-refractivity contribution in [2.75, 3.05) is 0 Å². The molecule has 11 rings (SSSR count). The molecule has 2 heteroatoms. The van der Waals surface area contributed by atoms with Gasteiger partial charge in [0.15, 0.2) is 0 Å². The van der Waals surface area contributed by atoms with Gasteiger partial charge in [0, 0.05) is 32.9 Å². The van der Waals surface area contributed by atoms with Crippen molar-refractivity contribution in [3.8, 4) is 44.8 Å². The summed E-state index contributed by atoms with van der Waals surface area (Å²) in [5, 5.41) is 4.98. The minimum absolute atomic E-state index is 0.877. The Morgan fingerprint density at radius 3 is 1.52 bits per heavy atom. The second-order valence-electron chi connectivity index (χ2n) is 16.4. The van der Waals surface area contributed by atoms with Gasteiger partial charge in [0.2, 0.25) is 0 Å². The summed E-state index contributed by atoms with van der Waals surface area (Å²) in [6.45, 7) is 2.22. The lowest BCUT2D eigenvalue weighted by Gasteiger charge is -2.11. The van der Waals surface area contributed by atoms with Gasteiger partial charge in [-0.15, -0.1) is 0 Å². The second-order valence-corrected chi connectivity index (χ2v) is 16.4. The van der Waals surface area contributed by atoms with Crippen molar-refractivity contribution < 1.29 is 0 Å². The number of allylic oxidation sites excluding steroid dienone is 4. The van der Waals surface area contributed by atoms with Crippen LogP contribution in [0.2, 0.25) is 0 Å². The number of hydrogen-bond donors (Lipinski definition) is 0. The largest absolute Gasteiger partial charge is 0.309 e. The van der Waals surface area contributed by atoms with Gasteiger partial charge in [-0.25, -0.2) is 0 Å². The van der Waals surface area contributed by atoms with Crippen LogP contribution in [0.25, 0.3) is 93.9 Å². The highest BCUT2D eigenvalue weighted by atomic mass is 15.0. The lowest BCUT2D eigenvalue weighted by molar-refractivity contribution is 1.18. The molecule has 0 aliphatic rings. The van der Waals surface area contributed by atoms with Gasteiger partial charge < -0.3 is 9.13 Å². The summed E-state index contributed by atoms with van der Waals surface area (Å²) in [6.07, 6.45) is 8.61. The van der Waals surface area contributed by atoms with E-state index in [0.717, 1.165) is 24.2 Å². The summed E-state index contributed by atoms with van der Waals surface area (Å²) >= 11 is 0. The number of hydrogen-bond acceptors (Lipinski definition) is 0. The Labute approximate surface area is 369 Å². The fourth-order valence-corrected chi connectivity index (χ4v) is 9.46. The molecule has 0 bridgehead atoms. The third-order valence-corrected chi connectivity index (χ3v) is 12.6. The van der Waals surface area contributed by atoms with Crippen LogP contribution in [0.15, 0.2) is 237 Å². The normalized spacial score (nSPS) is 12.0. The maximum Gasteiger partial charge on any atom is 0.0541 e. The highest BCUT2D eigenvalue weighted by Gasteiger charge is 2.17. The maximum atomic E-state index is 2.43. The molecule has 0 spiro atoms. The lowest BCUT2D eigenvalue weighted by Crippen LogP contribution is -1.94. The average Bonchev–Trinajstić information content (AvgIpc) is 3.87. The molecular weight excluding hydrogens is 761 g/mol. The molecule has 63 heavy (non-hydrogen) atoms. The van der Waals surface area contributed by atoms with Crippen molar-refractivity contribution in [3.63, 3.8) is 0 Å². The summed E-state index contributed by atoms with van der Waals surface area (Å²) in [6, 6.07) is 79.7. The summed E-state index contributed by atoms with van der Waals surface area (Å²) in [4.78, 5) is 0. The van der Waals surface area contributed by atoms with Gasteiger partial charge in [0.25, 0.3) is 0 Å². The molecule has 0 atom stereocenters. The zero-order chi connectivity index (χ0) is 42.1. The molecule has 9 aromatic carbocycles.